The van der Waals surface area contributed by atoms with Crippen LogP contribution in [-0.4, -0.2) is 22.0 Å². The molecule has 5 nitrogen and oxygen atoms in total. The van der Waals surface area contributed by atoms with Gasteiger partial charge in [-0.2, -0.15) is 0 Å². The lowest BCUT2D eigenvalue weighted by Gasteiger charge is -2.15. The van der Waals surface area contributed by atoms with E-state index in [1.807, 2.05) is 6.92 Å². The summed E-state index contributed by atoms with van der Waals surface area (Å²) in [5.74, 6) is -1.93. The number of hydrogen-bond donors (Lipinski definition) is 2. The Kier molecular flexibility index (Phi) is 4.60. The minimum absolute atomic E-state index is 0.254. The van der Waals surface area contributed by atoms with Gasteiger partial charge in [0.05, 0.1) is 11.8 Å². The number of pyridine rings is 1. The highest BCUT2D eigenvalue weighted by molar-refractivity contribution is 6.29. The molecule has 0 spiro atoms. The highest BCUT2D eigenvalue weighted by Crippen LogP contribution is 2.39. The number of anilines is 1. The van der Waals surface area contributed by atoms with E-state index in [9.17, 15) is 14.7 Å². The van der Waals surface area contributed by atoms with Crippen molar-refractivity contribution in [2.24, 2.45) is 17.8 Å². The minimum Gasteiger partial charge on any atom is -0.481 e. The Morgan fingerprint density at radius 3 is 2.75 bits per heavy atom. The van der Waals surface area contributed by atoms with Crippen molar-refractivity contribution in [1.29, 1.82) is 0 Å². The molecule has 1 aliphatic carbocycles. The van der Waals surface area contributed by atoms with E-state index in [-0.39, 0.29) is 11.1 Å². The third-order valence-corrected chi connectivity index (χ3v) is 4.09. The molecule has 0 bridgehead atoms. The van der Waals surface area contributed by atoms with Crippen LogP contribution in [0.1, 0.15) is 26.2 Å². The van der Waals surface area contributed by atoms with Gasteiger partial charge < -0.3 is 10.4 Å². The van der Waals surface area contributed by atoms with Crippen LogP contribution in [0.2, 0.25) is 5.15 Å². The Balaban J connectivity index is 2.09. The second-order valence-electron chi connectivity index (χ2n) is 5.15. The fraction of sp³-hybridized carbons (Fsp3) is 0.500. The van der Waals surface area contributed by atoms with Crippen molar-refractivity contribution in [2.45, 2.75) is 26.2 Å². The lowest BCUT2D eigenvalue weighted by atomic mass is 9.95. The van der Waals surface area contributed by atoms with Gasteiger partial charge in [0, 0.05) is 11.9 Å². The van der Waals surface area contributed by atoms with Crippen LogP contribution in [-0.2, 0) is 9.59 Å². The summed E-state index contributed by atoms with van der Waals surface area (Å²) in [6, 6.07) is 3.17. The number of halogens is 1. The molecule has 0 saturated heterocycles. The highest BCUT2D eigenvalue weighted by atomic mass is 35.5. The third-order valence-electron chi connectivity index (χ3n) is 3.89. The number of carboxylic acid groups (broad SMARTS) is 1. The average Bonchev–Trinajstić information content (AvgIpc) is 2.83. The summed E-state index contributed by atoms with van der Waals surface area (Å²) in [5, 5.41) is 12.3. The average molecular weight is 297 g/mol. The Bertz CT molecular complexity index is 521. The quantitative estimate of drug-likeness (QED) is 0.837. The van der Waals surface area contributed by atoms with Crippen molar-refractivity contribution in [3.05, 3.63) is 23.5 Å². The van der Waals surface area contributed by atoms with Gasteiger partial charge in [0.2, 0.25) is 5.91 Å². The van der Waals surface area contributed by atoms with Gasteiger partial charge in [-0.15, -0.1) is 0 Å². The van der Waals surface area contributed by atoms with E-state index < -0.39 is 17.8 Å². The first-order valence-electron chi connectivity index (χ1n) is 6.66. The zero-order valence-electron chi connectivity index (χ0n) is 11.2. The SMILES string of the molecule is CCC1C[C@H](C(=O)Nc2ccnc(Cl)c2)[C@H](C(=O)O)C1. The third kappa shape index (κ3) is 3.28. The second kappa shape index (κ2) is 6.22. The summed E-state index contributed by atoms with van der Waals surface area (Å²) in [6.45, 7) is 2.02. The molecule has 1 aliphatic rings. The fourth-order valence-corrected chi connectivity index (χ4v) is 2.93. The van der Waals surface area contributed by atoms with Crippen LogP contribution in [0.15, 0.2) is 18.3 Å². The van der Waals surface area contributed by atoms with Crippen molar-refractivity contribution in [2.75, 3.05) is 5.32 Å². The first-order valence-corrected chi connectivity index (χ1v) is 7.04. The van der Waals surface area contributed by atoms with Crippen molar-refractivity contribution >= 4 is 29.2 Å². The molecule has 0 aliphatic heterocycles. The Morgan fingerprint density at radius 2 is 2.15 bits per heavy atom. The summed E-state index contributed by atoms with van der Waals surface area (Å²) in [7, 11) is 0. The monoisotopic (exact) mass is 296 g/mol. The molecule has 2 rings (SSSR count). The standard InChI is InChI=1S/C14H17ClN2O3/c1-2-8-5-10(11(6-8)14(19)20)13(18)17-9-3-4-16-12(15)7-9/h3-4,7-8,10-11H,2,5-6H2,1H3,(H,19,20)(H,16,17,18)/t8?,10-,11+/m0/s1. The summed E-state index contributed by atoms with van der Waals surface area (Å²) >= 11 is 5.76. The van der Waals surface area contributed by atoms with Crippen LogP contribution in [0.3, 0.4) is 0 Å². The smallest absolute Gasteiger partial charge is 0.307 e. The molecule has 1 unspecified atom stereocenters. The molecule has 0 aromatic carbocycles. The van der Waals surface area contributed by atoms with E-state index in [0.29, 0.717) is 24.4 Å². The fourth-order valence-electron chi connectivity index (χ4n) is 2.75. The van der Waals surface area contributed by atoms with E-state index in [1.54, 1.807) is 12.1 Å². The molecule has 6 heteroatoms. The minimum atomic E-state index is -0.895. The highest BCUT2D eigenvalue weighted by Gasteiger charge is 2.42. The lowest BCUT2D eigenvalue weighted by Crippen LogP contribution is -2.30. The number of amides is 1. The lowest BCUT2D eigenvalue weighted by molar-refractivity contribution is -0.145. The molecule has 1 amide bonds. The van der Waals surface area contributed by atoms with E-state index in [0.717, 1.165) is 6.42 Å². The van der Waals surface area contributed by atoms with Gasteiger partial charge in [0.15, 0.2) is 0 Å². The van der Waals surface area contributed by atoms with Crippen LogP contribution in [0.5, 0.6) is 0 Å². The van der Waals surface area contributed by atoms with Crippen molar-refractivity contribution < 1.29 is 14.7 Å². The number of aliphatic carboxylic acids is 1. The van der Waals surface area contributed by atoms with Crippen molar-refractivity contribution in [3.63, 3.8) is 0 Å². The molecule has 1 heterocycles. The summed E-state index contributed by atoms with van der Waals surface area (Å²) in [6.07, 6.45) is 3.59. The van der Waals surface area contributed by atoms with E-state index >= 15 is 0 Å². The number of nitrogens with one attached hydrogen (secondary N) is 1. The molecule has 0 radical (unpaired) electrons. The zero-order valence-corrected chi connectivity index (χ0v) is 11.9. The molecular weight excluding hydrogens is 280 g/mol. The molecule has 3 atom stereocenters. The number of aromatic nitrogens is 1. The van der Waals surface area contributed by atoms with Gasteiger partial charge >= 0.3 is 5.97 Å². The summed E-state index contributed by atoms with van der Waals surface area (Å²) < 4.78 is 0. The number of carbonyl (C=O) groups excluding carboxylic acids is 1. The maximum atomic E-state index is 12.3. The molecule has 108 valence electrons. The number of rotatable bonds is 4. The van der Waals surface area contributed by atoms with Crippen LogP contribution < -0.4 is 5.32 Å². The number of carboxylic acids is 1. The van der Waals surface area contributed by atoms with Gasteiger partial charge in [-0.25, -0.2) is 4.98 Å². The van der Waals surface area contributed by atoms with Gasteiger partial charge in [-0.05, 0) is 30.9 Å². The van der Waals surface area contributed by atoms with Gasteiger partial charge in [-0.1, -0.05) is 24.9 Å². The van der Waals surface area contributed by atoms with Crippen LogP contribution in [0.4, 0.5) is 5.69 Å². The summed E-state index contributed by atoms with van der Waals surface area (Å²) in [5.41, 5.74) is 0.541. The van der Waals surface area contributed by atoms with Crippen molar-refractivity contribution in [3.8, 4) is 0 Å². The molecule has 20 heavy (non-hydrogen) atoms. The van der Waals surface area contributed by atoms with Gasteiger partial charge in [0.1, 0.15) is 5.15 Å². The summed E-state index contributed by atoms with van der Waals surface area (Å²) in [4.78, 5) is 27.4. The molecule has 1 aromatic rings. The largest absolute Gasteiger partial charge is 0.481 e. The maximum Gasteiger partial charge on any atom is 0.307 e. The number of nitrogens with zero attached hydrogens (tertiary/aromatic N) is 1. The second-order valence-corrected chi connectivity index (χ2v) is 5.54. The predicted octanol–water partition coefficient (Wildman–Crippen LogP) is 2.81. The molecule has 1 saturated carbocycles. The van der Waals surface area contributed by atoms with Crippen LogP contribution in [0.25, 0.3) is 0 Å². The first kappa shape index (κ1) is 14.8. The molecular formula is C14H17ClN2O3. The first-order chi connectivity index (χ1) is 9.51. The van der Waals surface area contributed by atoms with Crippen LogP contribution in [0, 0.1) is 17.8 Å². The van der Waals surface area contributed by atoms with Crippen molar-refractivity contribution in [1.82, 2.24) is 4.98 Å². The molecule has 1 aromatic heterocycles. The Morgan fingerprint density at radius 1 is 1.45 bits per heavy atom. The number of carbonyl (C=O) groups is 2. The normalized spacial score (nSPS) is 25.4. The van der Waals surface area contributed by atoms with Gasteiger partial charge in [-0.3, -0.25) is 9.59 Å². The van der Waals surface area contributed by atoms with E-state index in [1.165, 1.54) is 6.20 Å². The van der Waals surface area contributed by atoms with E-state index in [2.05, 4.69) is 10.3 Å². The topological polar surface area (TPSA) is 79.3 Å². The predicted molar refractivity (Wildman–Crippen MR) is 75.5 cm³/mol. The maximum absolute atomic E-state index is 12.3. The molecule has 2 N–H and O–H groups in total. The van der Waals surface area contributed by atoms with Crippen LogP contribution >= 0.6 is 11.6 Å². The zero-order chi connectivity index (χ0) is 14.7. The Hall–Kier alpha value is -1.62. The number of hydrogen-bond acceptors (Lipinski definition) is 3. The Labute approximate surface area is 122 Å². The van der Waals surface area contributed by atoms with Gasteiger partial charge in [0.25, 0.3) is 0 Å². The van der Waals surface area contributed by atoms with E-state index in [4.69, 9.17) is 11.6 Å². The molecule has 1 fully saturated rings.